The van der Waals surface area contributed by atoms with Crippen molar-refractivity contribution in [3.05, 3.63) is 56.4 Å². The molecule has 6 heteroatoms. The predicted octanol–water partition coefficient (Wildman–Crippen LogP) is 4.07. The average molecular weight is 392 g/mol. The first-order chi connectivity index (χ1) is 9.77. The second-order valence-corrected chi connectivity index (χ2v) is 6.67. The van der Waals surface area contributed by atoms with Crippen molar-refractivity contribution in [1.82, 2.24) is 10.2 Å². The molecule has 1 atom stereocenters. The van der Waals surface area contributed by atoms with Crippen LogP contribution in [0.5, 0.6) is 0 Å². The lowest BCUT2D eigenvalue weighted by atomic mass is 10.0. The molecule has 2 aromatic rings. The molecule has 1 N–H and O–H groups in total. The molecule has 3 rings (SSSR count). The maximum Gasteiger partial charge on any atom is 0.129 e. The molecule has 114 valence electrons. The second kappa shape index (κ2) is 7.70. The molecule has 1 aliphatic heterocycles. The van der Waals surface area contributed by atoms with Crippen LogP contribution in [0.3, 0.4) is 0 Å². The van der Waals surface area contributed by atoms with E-state index in [1.54, 1.807) is 23.5 Å². The summed E-state index contributed by atoms with van der Waals surface area (Å²) in [5, 5.41) is 5.41. The lowest BCUT2D eigenvalue weighted by Gasteiger charge is -2.35. The molecule has 0 spiro atoms. The van der Waals surface area contributed by atoms with E-state index in [1.807, 2.05) is 12.1 Å². The highest BCUT2D eigenvalue weighted by atomic mass is 79.9. The van der Waals surface area contributed by atoms with E-state index in [4.69, 9.17) is 0 Å². The lowest BCUT2D eigenvalue weighted by molar-refractivity contribution is 0.197. The smallest absolute Gasteiger partial charge is 0.129 e. The Bertz CT molecular complexity index is 553. The van der Waals surface area contributed by atoms with Gasteiger partial charge >= 0.3 is 0 Å². The molecule has 0 radical (unpaired) electrons. The molecule has 2 nitrogen and oxygen atoms in total. The van der Waals surface area contributed by atoms with Crippen LogP contribution in [-0.2, 0) is 0 Å². The summed E-state index contributed by atoms with van der Waals surface area (Å²) in [6.45, 7) is 3.77. The number of thiophene rings is 1. The highest BCUT2D eigenvalue weighted by Gasteiger charge is 2.28. The Kier molecular flexibility index (Phi) is 6.20. The molecule has 0 amide bonds. The second-order valence-electron chi connectivity index (χ2n) is 4.84. The van der Waals surface area contributed by atoms with Gasteiger partial charge in [-0.3, -0.25) is 4.90 Å². The third-order valence-corrected chi connectivity index (χ3v) is 5.22. The molecule has 1 saturated heterocycles. The predicted molar refractivity (Wildman–Crippen MR) is 92.0 cm³/mol. The number of hydrogen-bond acceptors (Lipinski definition) is 3. The van der Waals surface area contributed by atoms with Crippen LogP contribution in [0.1, 0.15) is 16.5 Å². The molecule has 21 heavy (non-hydrogen) atoms. The van der Waals surface area contributed by atoms with Crippen LogP contribution in [-0.4, -0.2) is 31.1 Å². The Labute approximate surface area is 142 Å². The number of benzene rings is 1. The topological polar surface area (TPSA) is 15.3 Å². The molecule has 2 heterocycles. The lowest BCUT2D eigenvalue weighted by Crippen LogP contribution is -2.45. The zero-order valence-corrected chi connectivity index (χ0v) is 14.6. The molecule has 1 aromatic carbocycles. The van der Waals surface area contributed by atoms with Crippen molar-refractivity contribution in [3.63, 3.8) is 0 Å². The SMILES string of the molecule is Cl.Fc1cccc(Br)c1[C@H](c1cccs1)N1CCNCC1. The molecular formula is C15H17BrClFN2S. The monoisotopic (exact) mass is 390 g/mol. The summed E-state index contributed by atoms with van der Waals surface area (Å²) in [7, 11) is 0. The molecule has 1 aromatic heterocycles. The Balaban J connectivity index is 0.00000161. The number of nitrogens with zero attached hydrogens (tertiary/aromatic N) is 1. The fourth-order valence-electron chi connectivity index (χ4n) is 2.66. The van der Waals surface area contributed by atoms with Gasteiger partial charge in [-0.15, -0.1) is 23.7 Å². The van der Waals surface area contributed by atoms with E-state index < -0.39 is 0 Å². The summed E-state index contributed by atoms with van der Waals surface area (Å²) in [5.41, 5.74) is 0.747. The van der Waals surface area contributed by atoms with E-state index in [1.165, 1.54) is 4.88 Å². The number of rotatable bonds is 3. The van der Waals surface area contributed by atoms with Gasteiger partial charge in [0, 0.05) is 41.1 Å². The number of piperazine rings is 1. The van der Waals surface area contributed by atoms with Crippen LogP contribution in [0.2, 0.25) is 0 Å². The van der Waals surface area contributed by atoms with Crippen LogP contribution >= 0.6 is 39.7 Å². The summed E-state index contributed by atoms with van der Waals surface area (Å²) in [5.74, 6) is -0.142. The van der Waals surface area contributed by atoms with Crippen molar-refractivity contribution >= 4 is 39.7 Å². The third kappa shape index (κ3) is 3.66. The molecule has 0 bridgehead atoms. The van der Waals surface area contributed by atoms with E-state index in [2.05, 4.69) is 37.6 Å². The molecule has 1 aliphatic rings. The Morgan fingerprint density at radius 1 is 1.19 bits per heavy atom. The van der Waals surface area contributed by atoms with Gasteiger partial charge in [0.25, 0.3) is 0 Å². The fourth-order valence-corrected chi connectivity index (χ4v) is 4.09. The van der Waals surface area contributed by atoms with Crippen LogP contribution in [0, 0.1) is 5.82 Å². The van der Waals surface area contributed by atoms with E-state index in [-0.39, 0.29) is 24.3 Å². The summed E-state index contributed by atoms with van der Waals surface area (Å²) in [4.78, 5) is 3.54. The summed E-state index contributed by atoms with van der Waals surface area (Å²) in [6.07, 6.45) is 0. The van der Waals surface area contributed by atoms with Crippen LogP contribution in [0.15, 0.2) is 40.2 Å². The highest BCUT2D eigenvalue weighted by Crippen LogP contribution is 2.37. The number of nitrogens with one attached hydrogen (secondary N) is 1. The molecule has 0 aliphatic carbocycles. The van der Waals surface area contributed by atoms with Crippen molar-refractivity contribution in [2.45, 2.75) is 6.04 Å². The van der Waals surface area contributed by atoms with E-state index in [0.29, 0.717) is 0 Å². The normalized spacial score (nSPS) is 17.2. The van der Waals surface area contributed by atoms with Crippen molar-refractivity contribution in [3.8, 4) is 0 Å². The Hall–Kier alpha value is -0.460. The Morgan fingerprint density at radius 3 is 2.57 bits per heavy atom. The number of halogens is 3. The van der Waals surface area contributed by atoms with Gasteiger partial charge < -0.3 is 5.32 Å². The standard InChI is InChI=1S/C15H16BrFN2S.ClH/c16-11-3-1-4-12(17)14(11)15(13-5-2-10-20-13)19-8-6-18-7-9-19;/h1-5,10,15,18H,6-9H2;1H/t15-;/m0./s1. The van der Waals surface area contributed by atoms with Gasteiger partial charge in [0.15, 0.2) is 0 Å². The quantitative estimate of drug-likeness (QED) is 0.848. The third-order valence-electron chi connectivity index (χ3n) is 3.60. The minimum absolute atomic E-state index is 0. The highest BCUT2D eigenvalue weighted by molar-refractivity contribution is 9.10. The molecule has 1 fully saturated rings. The van der Waals surface area contributed by atoms with Gasteiger partial charge in [-0.05, 0) is 23.6 Å². The van der Waals surface area contributed by atoms with Crippen molar-refractivity contribution in [2.24, 2.45) is 0 Å². The first kappa shape index (κ1) is 16.9. The molecule has 0 unspecified atom stereocenters. The molecule has 0 saturated carbocycles. The maximum atomic E-state index is 14.4. The minimum Gasteiger partial charge on any atom is -0.314 e. The minimum atomic E-state index is -0.142. The maximum absolute atomic E-state index is 14.4. The van der Waals surface area contributed by atoms with Gasteiger partial charge in [0.1, 0.15) is 5.82 Å². The van der Waals surface area contributed by atoms with Crippen LogP contribution < -0.4 is 5.32 Å². The average Bonchev–Trinajstić information content (AvgIpc) is 2.98. The van der Waals surface area contributed by atoms with Crippen LogP contribution in [0.25, 0.3) is 0 Å². The summed E-state index contributed by atoms with van der Waals surface area (Å²) in [6, 6.07) is 9.32. The number of hydrogen-bond donors (Lipinski definition) is 1. The van der Waals surface area contributed by atoms with Gasteiger partial charge in [0.2, 0.25) is 0 Å². The molecular weight excluding hydrogens is 375 g/mol. The summed E-state index contributed by atoms with van der Waals surface area (Å²) >= 11 is 5.21. The van der Waals surface area contributed by atoms with E-state index in [9.17, 15) is 4.39 Å². The van der Waals surface area contributed by atoms with Crippen LogP contribution in [0.4, 0.5) is 4.39 Å². The Morgan fingerprint density at radius 2 is 1.95 bits per heavy atom. The first-order valence-corrected chi connectivity index (χ1v) is 8.36. The van der Waals surface area contributed by atoms with E-state index in [0.717, 1.165) is 36.2 Å². The van der Waals surface area contributed by atoms with Crippen molar-refractivity contribution in [1.29, 1.82) is 0 Å². The van der Waals surface area contributed by atoms with Gasteiger partial charge in [-0.25, -0.2) is 4.39 Å². The van der Waals surface area contributed by atoms with Gasteiger partial charge in [-0.2, -0.15) is 0 Å². The van der Waals surface area contributed by atoms with Gasteiger partial charge in [-0.1, -0.05) is 28.1 Å². The van der Waals surface area contributed by atoms with Gasteiger partial charge in [0.05, 0.1) is 6.04 Å². The summed E-state index contributed by atoms with van der Waals surface area (Å²) < 4.78 is 15.2. The first-order valence-electron chi connectivity index (χ1n) is 6.69. The van der Waals surface area contributed by atoms with E-state index >= 15 is 0 Å². The van der Waals surface area contributed by atoms with Crippen molar-refractivity contribution in [2.75, 3.05) is 26.2 Å². The van der Waals surface area contributed by atoms with Crippen molar-refractivity contribution < 1.29 is 4.39 Å². The zero-order valence-electron chi connectivity index (χ0n) is 11.4. The fraction of sp³-hybridized carbons (Fsp3) is 0.333. The largest absolute Gasteiger partial charge is 0.314 e. The zero-order chi connectivity index (χ0) is 13.9.